The molecule has 0 unspecified atom stereocenters. The lowest BCUT2D eigenvalue weighted by Gasteiger charge is -2.32. The van der Waals surface area contributed by atoms with Crippen LogP contribution >= 0.6 is 0 Å². The van der Waals surface area contributed by atoms with E-state index in [1.165, 1.54) is 37.1 Å². The highest BCUT2D eigenvalue weighted by Gasteiger charge is 2.33. The van der Waals surface area contributed by atoms with E-state index in [-0.39, 0.29) is 16.6 Å². The summed E-state index contributed by atoms with van der Waals surface area (Å²) in [6, 6.07) is 5.64. The van der Waals surface area contributed by atoms with Crippen LogP contribution in [-0.4, -0.2) is 43.4 Å². The Morgan fingerprint density at radius 3 is 2.18 bits per heavy atom. The van der Waals surface area contributed by atoms with Crippen LogP contribution in [0.5, 0.6) is 0 Å². The smallest absolute Gasteiger partial charge is 0.269 e. The molecule has 2 aliphatic rings. The lowest BCUT2D eigenvalue weighted by Crippen LogP contribution is -2.45. The topological polar surface area (TPSA) is 92.5 Å². The van der Waals surface area contributed by atoms with Crippen LogP contribution in [-0.2, 0) is 10.0 Å². The summed E-state index contributed by atoms with van der Waals surface area (Å²) in [5, 5.41) is 10.6. The van der Waals surface area contributed by atoms with Crippen LogP contribution in [0, 0.1) is 10.1 Å². The van der Waals surface area contributed by atoms with E-state index in [4.69, 9.17) is 0 Å². The molecule has 1 aromatic rings. The Morgan fingerprint density at radius 1 is 1.09 bits per heavy atom. The monoisotopic (exact) mass is 325 g/mol. The number of nitro groups is 1. The summed E-state index contributed by atoms with van der Waals surface area (Å²) >= 11 is 0. The molecule has 1 heterocycles. The second kappa shape index (κ2) is 5.94. The molecule has 1 aliphatic heterocycles. The number of sulfonamides is 1. The number of likely N-dealkylation sites (tertiary alicyclic amines) is 1. The molecule has 120 valence electrons. The van der Waals surface area contributed by atoms with Gasteiger partial charge >= 0.3 is 0 Å². The Kier molecular flexibility index (Phi) is 4.16. The maximum atomic E-state index is 12.3. The lowest BCUT2D eigenvalue weighted by molar-refractivity contribution is -0.384. The van der Waals surface area contributed by atoms with Gasteiger partial charge < -0.3 is 4.90 Å². The molecule has 1 aliphatic carbocycles. The number of piperidine rings is 1. The molecular formula is C14H19N3O4S. The second-order valence-electron chi connectivity index (χ2n) is 5.91. The number of benzene rings is 1. The van der Waals surface area contributed by atoms with Crippen molar-refractivity contribution < 1.29 is 13.3 Å². The van der Waals surface area contributed by atoms with Crippen LogP contribution in [0.25, 0.3) is 0 Å². The van der Waals surface area contributed by atoms with E-state index in [9.17, 15) is 18.5 Å². The molecule has 22 heavy (non-hydrogen) atoms. The van der Waals surface area contributed by atoms with Gasteiger partial charge in [-0.3, -0.25) is 10.1 Å². The fourth-order valence-corrected chi connectivity index (χ4v) is 4.16. The summed E-state index contributed by atoms with van der Waals surface area (Å²) < 4.78 is 27.3. The second-order valence-corrected chi connectivity index (χ2v) is 7.63. The van der Waals surface area contributed by atoms with Gasteiger partial charge in [0.15, 0.2) is 0 Å². The molecule has 0 amide bonds. The first kappa shape index (κ1) is 15.4. The van der Waals surface area contributed by atoms with Gasteiger partial charge in [-0.15, -0.1) is 0 Å². The molecule has 0 spiro atoms. The normalized spacial score (nSPS) is 20.9. The summed E-state index contributed by atoms with van der Waals surface area (Å²) in [7, 11) is -3.62. The van der Waals surface area contributed by atoms with E-state index in [0.717, 1.165) is 25.9 Å². The first-order valence-electron chi connectivity index (χ1n) is 7.46. The average molecular weight is 325 g/mol. The number of nitrogens with zero attached hydrogens (tertiary/aromatic N) is 2. The third-order valence-electron chi connectivity index (χ3n) is 4.27. The number of rotatable bonds is 5. The predicted molar refractivity (Wildman–Crippen MR) is 81.0 cm³/mol. The Labute approximate surface area is 129 Å². The first-order chi connectivity index (χ1) is 10.5. The lowest BCUT2D eigenvalue weighted by atomic mass is 10.1. The van der Waals surface area contributed by atoms with E-state index in [0.29, 0.717) is 6.04 Å². The molecule has 0 radical (unpaired) electrons. The zero-order valence-electron chi connectivity index (χ0n) is 12.1. The first-order valence-corrected chi connectivity index (χ1v) is 8.95. The van der Waals surface area contributed by atoms with Crippen LogP contribution in [0.2, 0.25) is 0 Å². The molecule has 0 aromatic heterocycles. The minimum absolute atomic E-state index is 0.0600. The standard InChI is InChI=1S/C14H19N3O4S/c18-17(19)13-3-5-14(6-4-13)22(20,21)15-11-7-9-16(10-8-11)12-1-2-12/h3-6,11-12,15H,1-2,7-10H2. The van der Waals surface area contributed by atoms with Crippen molar-refractivity contribution in [3.63, 3.8) is 0 Å². The number of nitro benzene ring substituents is 1. The van der Waals surface area contributed by atoms with E-state index in [1.54, 1.807) is 0 Å². The Bertz CT molecular complexity index is 647. The highest BCUT2D eigenvalue weighted by molar-refractivity contribution is 7.89. The predicted octanol–water partition coefficient (Wildman–Crippen LogP) is 1.50. The van der Waals surface area contributed by atoms with Crippen molar-refractivity contribution >= 4 is 15.7 Å². The molecule has 1 N–H and O–H groups in total. The van der Waals surface area contributed by atoms with E-state index in [2.05, 4.69) is 9.62 Å². The van der Waals surface area contributed by atoms with Crippen molar-refractivity contribution in [1.82, 2.24) is 9.62 Å². The van der Waals surface area contributed by atoms with Crippen LogP contribution in [0.3, 0.4) is 0 Å². The third-order valence-corrected chi connectivity index (χ3v) is 5.81. The van der Waals surface area contributed by atoms with E-state index in [1.807, 2.05) is 0 Å². The fraction of sp³-hybridized carbons (Fsp3) is 0.571. The highest BCUT2D eigenvalue weighted by Crippen LogP contribution is 2.29. The van der Waals surface area contributed by atoms with Crippen molar-refractivity contribution in [1.29, 1.82) is 0 Å². The van der Waals surface area contributed by atoms with E-state index < -0.39 is 14.9 Å². The molecule has 1 saturated carbocycles. The Morgan fingerprint density at radius 2 is 1.68 bits per heavy atom. The summed E-state index contributed by atoms with van der Waals surface area (Å²) in [6.07, 6.45) is 4.14. The SMILES string of the molecule is O=[N+]([O-])c1ccc(S(=O)(=O)NC2CCN(C3CC3)CC2)cc1. The third kappa shape index (κ3) is 3.45. The van der Waals surface area contributed by atoms with E-state index >= 15 is 0 Å². The fourth-order valence-electron chi connectivity index (χ4n) is 2.86. The van der Waals surface area contributed by atoms with Crippen LogP contribution < -0.4 is 4.72 Å². The highest BCUT2D eigenvalue weighted by atomic mass is 32.2. The zero-order chi connectivity index (χ0) is 15.7. The Balaban J connectivity index is 1.62. The van der Waals surface area contributed by atoms with Gasteiger partial charge in [0.25, 0.3) is 5.69 Å². The quantitative estimate of drug-likeness (QED) is 0.654. The van der Waals surface area contributed by atoms with Crippen LogP contribution in [0.1, 0.15) is 25.7 Å². The number of non-ortho nitro benzene ring substituents is 1. The Hall–Kier alpha value is -1.51. The molecule has 0 bridgehead atoms. The van der Waals surface area contributed by atoms with Crippen molar-refractivity contribution in [3.8, 4) is 0 Å². The summed E-state index contributed by atoms with van der Waals surface area (Å²) in [6.45, 7) is 1.86. The van der Waals surface area contributed by atoms with Crippen molar-refractivity contribution in [3.05, 3.63) is 34.4 Å². The summed E-state index contributed by atoms with van der Waals surface area (Å²) in [5.74, 6) is 0. The van der Waals surface area contributed by atoms with Gasteiger partial charge in [-0.25, -0.2) is 13.1 Å². The molecule has 7 nitrogen and oxygen atoms in total. The zero-order valence-corrected chi connectivity index (χ0v) is 13.0. The largest absolute Gasteiger partial charge is 0.300 e. The molecule has 8 heteroatoms. The van der Waals surface area contributed by atoms with Gasteiger partial charge in [-0.1, -0.05) is 0 Å². The molecule has 1 aromatic carbocycles. The molecule has 1 saturated heterocycles. The summed E-state index contributed by atoms with van der Waals surface area (Å²) in [4.78, 5) is 12.6. The molecule has 3 rings (SSSR count). The summed E-state index contributed by atoms with van der Waals surface area (Å²) in [5.41, 5.74) is -0.114. The van der Waals surface area contributed by atoms with Crippen LogP contribution in [0.4, 0.5) is 5.69 Å². The van der Waals surface area contributed by atoms with Gasteiger partial charge in [0.05, 0.1) is 9.82 Å². The number of nitrogens with one attached hydrogen (secondary N) is 1. The molecular weight excluding hydrogens is 306 g/mol. The number of hydrogen-bond acceptors (Lipinski definition) is 5. The van der Waals surface area contributed by atoms with Crippen molar-refractivity contribution in [2.75, 3.05) is 13.1 Å². The number of hydrogen-bond donors (Lipinski definition) is 1. The molecule has 2 fully saturated rings. The van der Waals surface area contributed by atoms with Gasteiger partial charge in [-0.2, -0.15) is 0 Å². The minimum atomic E-state index is -3.62. The minimum Gasteiger partial charge on any atom is -0.300 e. The van der Waals surface area contributed by atoms with Gasteiger partial charge in [0, 0.05) is 24.2 Å². The van der Waals surface area contributed by atoms with Gasteiger partial charge in [0.1, 0.15) is 0 Å². The average Bonchev–Trinajstić information content (AvgIpc) is 3.32. The van der Waals surface area contributed by atoms with Gasteiger partial charge in [0.2, 0.25) is 10.0 Å². The van der Waals surface area contributed by atoms with Crippen molar-refractivity contribution in [2.45, 2.75) is 42.7 Å². The maximum Gasteiger partial charge on any atom is 0.269 e. The maximum absolute atomic E-state index is 12.3. The van der Waals surface area contributed by atoms with Crippen LogP contribution in [0.15, 0.2) is 29.2 Å². The molecule has 0 atom stereocenters. The van der Waals surface area contributed by atoms with Crippen molar-refractivity contribution in [2.24, 2.45) is 0 Å². The van der Waals surface area contributed by atoms with Gasteiger partial charge in [-0.05, 0) is 50.9 Å².